The summed E-state index contributed by atoms with van der Waals surface area (Å²) >= 11 is 1.40. The van der Waals surface area contributed by atoms with Crippen LogP contribution in [0.4, 0.5) is 4.39 Å². The van der Waals surface area contributed by atoms with E-state index < -0.39 is 0 Å². The van der Waals surface area contributed by atoms with Crippen molar-refractivity contribution in [1.82, 2.24) is 25.1 Å². The lowest BCUT2D eigenvalue weighted by Gasteiger charge is -2.05. The van der Waals surface area contributed by atoms with Gasteiger partial charge in [-0.2, -0.15) is 9.61 Å². The third-order valence-corrected chi connectivity index (χ3v) is 3.90. The van der Waals surface area contributed by atoms with E-state index in [1.165, 1.54) is 23.7 Å². The van der Waals surface area contributed by atoms with Crippen molar-refractivity contribution in [2.45, 2.75) is 19.4 Å². The van der Waals surface area contributed by atoms with Gasteiger partial charge in [0.25, 0.3) is 0 Å². The zero-order valence-corrected chi connectivity index (χ0v) is 11.8. The molecule has 108 valence electrons. The van der Waals surface area contributed by atoms with Crippen molar-refractivity contribution in [2.24, 2.45) is 0 Å². The molecule has 1 amide bonds. The van der Waals surface area contributed by atoms with E-state index in [1.54, 1.807) is 22.7 Å². The van der Waals surface area contributed by atoms with Crippen LogP contribution in [0.3, 0.4) is 0 Å². The fourth-order valence-corrected chi connectivity index (χ4v) is 2.66. The summed E-state index contributed by atoms with van der Waals surface area (Å²) in [4.78, 5) is 12.5. The molecule has 8 heteroatoms. The molecule has 0 atom stereocenters. The number of hydrogen-bond donors (Lipinski definition) is 1. The summed E-state index contributed by atoms with van der Waals surface area (Å²) < 4.78 is 15.0. The summed E-state index contributed by atoms with van der Waals surface area (Å²) in [6.45, 7) is 0.191. The maximum Gasteiger partial charge on any atom is 0.234 e. The normalized spacial score (nSPS) is 10.9. The largest absolute Gasteiger partial charge is 0.352 e. The van der Waals surface area contributed by atoms with Crippen molar-refractivity contribution >= 4 is 22.2 Å². The fraction of sp³-hybridized carbons (Fsp3) is 0.231. The molecule has 0 radical (unpaired) electrons. The summed E-state index contributed by atoms with van der Waals surface area (Å²) in [6.07, 6.45) is 2.35. The smallest absolute Gasteiger partial charge is 0.234 e. The van der Waals surface area contributed by atoms with Gasteiger partial charge < -0.3 is 5.32 Å². The molecule has 0 saturated heterocycles. The van der Waals surface area contributed by atoms with Gasteiger partial charge in [-0.3, -0.25) is 4.79 Å². The standard InChI is InChI=1S/C13H12FN5OS/c14-10-4-2-1-3-9(10)7-15-11(20)5-6-12-18-19-8-16-17-13(19)21-12/h1-4,8H,5-7H2,(H,15,20). The Morgan fingerprint density at radius 2 is 2.24 bits per heavy atom. The van der Waals surface area contributed by atoms with Crippen LogP contribution in [0.5, 0.6) is 0 Å². The van der Waals surface area contributed by atoms with Crippen molar-refractivity contribution in [3.05, 3.63) is 47.0 Å². The number of aromatic nitrogens is 4. The van der Waals surface area contributed by atoms with Crippen LogP contribution in [-0.4, -0.2) is 25.7 Å². The van der Waals surface area contributed by atoms with Gasteiger partial charge >= 0.3 is 0 Å². The molecule has 3 rings (SSSR count). The highest BCUT2D eigenvalue weighted by molar-refractivity contribution is 7.16. The highest BCUT2D eigenvalue weighted by Gasteiger charge is 2.09. The van der Waals surface area contributed by atoms with Crippen LogP contribution in [0.1, 0.15) is 17.0 Å². The number of aryl methyl sites for hydroxylation is 1. The SMILES string of the molecule is O=C(CCc1nn2cnnc2s1)NCc1ccccc1F. The van der Waals surface area contributed by atoms with E-state index in [0.29, 0.717) is 23.4 Å². The second-order valence-corrected chi connectivity index (χ2v) is 5.46. The molecule has 0 aliphatic heterocycles. The number of carbonyl (C=O) groups is 1. The molecule has 2 aromatic heterocycles. The first-order valence-corrected chi connectivity index (χ1v) is 7.20. The lowest BCUT2D eigenvalue weighted by molar-refractivity contribution is -0.121. The highest BCUT2D eigenvalue weighted by atomic mass is 32.1. The first kappa shape index (κ1) is 13.6. The van der Waals surface area contributed by atoms with Crippen LogP contribution in [0.15, 0.2) is 30.6 Å². The van der Waals surface area contributed by atoms with Crippen molar-refractivity contribution in [2.75, 3.05) is 0 Å². The van der Waals surface area contributed by atoms with E-state index in [0.717, 1.165) is 5.01 Å². The number of rotatable bonds is 5. The van der Waals surface area contributed by atoms with Gasteiger partial charge in [0.1, 0.15) is 17.2 Å². The predicted molar refractivity (Wildman–Crippen MR) is 75.2 cm³/mol. The van der Waals surface area contributed by atoms with Crippen LogP contribution < -0.4 is 5.32 Å². The Morgan fingerprint density at radius 3 is 3.05 bits per heavy atom. The highest BCUT2D eigenvalue weighted by Crippen LogP contribution is 2.13. The topological polar surface area (TPSA) is 72.2 Å². The lowest BCUT2D eigenvalue weighted by atomic mass is 10.2. The minimum Gasteiger partial charge on any atom is -0.352 e. The average Bonchev–Trinajstić information content (AvgIpc) is 3.05. The Balaban J connectivity index is 1.50. The van der Waals surface area contributed by atoms with E-state index in [-0.39, 0.29) is 18.3 Å². The van der Waals surface area contributed by atoms with Crippen molar-refractivity contribution < 1.29 is 9.18 Å². The summed E-state index contributed by atoms with van der Waals surface area (Å²) in [6, 6.07) is 6.39. The Labute approximate surface area is 123 Å². The Bertz CT molecular complexity index is 740. The second kappa shape index (κ2) is 5.96. The lowest BCUT2D eigenvalue weighted by Crippen LogP contribution is -2.23. The number of halogens is 1. The maximum absolute atomic E-state index is 13.4. The van der Waals surface area contributed by atoms with Gasteiger partial charge in [0.2, 0.25) is 10.9 Å². The van der Waals surface area contributed by atoms with Gasteiger partial charge in [-0.1, -0.05) is 29.5 Å². The average molecular weight is 305 g/mol. The van der Waals surface area contributed by atoms with Crippen molar-refractivity contribution in [3.63, 3.8) is 0 Å². The summed E-state index contributed by atoms with van der Waals surface area (Å²) in [7, 11) is 0. The van der Waals surface area contributed by atoms with E-state index in [1.807, 2.05) is 0 Å². The molecule has 1 N–H and O–H groups in total. The molecule has 0 aliphatic rings. The predicted octanol–water partition coefficient (Wildman–Crippen LogP) is 1.57. The summed E-state index contributed by atoms with van der Waals surface area (Å²) in [5.74, 6) is -0.448. The molecule has 0 saturated carbocycles. The van der Waals surface area contributed by atoms with E-state index >= 15 is 0 Å². The van der Waals surface area contributed by atoms with Crippen LogP contribution in [0.2, 0.25) is 0 Å². The molecule has 3 aromatic rings. The Hall–Kier alpha value is -2.35. The van der Waals surface area contributed by atoms with E-state index in [2.05, 4.69) is 20.6 Å². The fourth-order valence-electron chi connectivity index (χ4n) is 1.85. The third kappa shape index (κ3) is 3.22. The van der Waals surface area contributed by atoms with Crippen LogP contribution in [0.25, 0.3) is 4.96 Å². The van der Waals surface area contributed by atoms with Gasteiger partial charge in [0.05, 0.1) is 0 Å². The zero-order chi connectivity index (χ0) is 14.7. The number of nitrogens with one attached hydrogen (secondary N) is 1. The van der Waals surface area contributed by atoms with E-state index in [9.17, 15) is 9.18 Å². The molecular weight excluding hydrogens is 293 g/mol. The molecule has 6 nitrogen and oxygen atoms in total. The first-order valence-electron chi connectivity index (χ1n) is 6.38. The zero-order valence-electron chi connectivity index (χ0n) is 11.0. The Morgan fingerprint density at radius 1 is 1.38 bits per heavy atom. The molecule has 0 fully saturated rings. The number of nitrogens with zero attached hydrogens (tertiary/aromatic N) is 4. The molecule has 0 aliphatic carbocycles. The quantitative estimate of drug-likeness (QED) is 0.776. The molecule has 0 bridgehead atoms. The molecule has 2 heterocycles. The summed E-state index contributed by atoms with van der Waals surface area (Å²) in [5, 5.41) is 15.4. The van der Waals surface area contributed by atoms with Crippen molar-refractivity contribution in [1.29, 1.82) is 0 Å². The third-order valence-electron chi connectivity index (χ3n) is 2.93. The minimum atomic E-state index is -0.313. The van der Waals surface area contributed by atoms with Gasteiger partial charge in [-0.05, 0) is 6.07 Å². The molecule has 0 spiro atoms. The number of carbonyl (C=O) groups excluding carboxylic acids is 1. The number of fused-ring (bicyclic) bond motifs is 1. The number of hydrogen-bond acceptors (Lipinski definition) is 5. The van der Waals surface area contributed by atoms with Gasteiger partial charge in [-0.15, -0.1) is 10.2 Å². The molecule has 1 aromatic carbocycles. The van der Waals surface area contributed by atoms with Crippen LogP contribution >= 0.6 is 11.3 Å². The van der Waals surface area contributed by atoms with Crippen molar-refractivity contribution in [3.8, 4) is 0 Å². The second-order valence-electron chi connectivity index (χ2n) is 4.42. The van der Waals surface area contributed by atoms with Crippen LogP contribution in [0, 0.1) is 5.82 Å². The maximum atomic E-state index is 13.4. The summed E-state index contributed by atoms with van der Waals surface area (Å²) in [5.41, 5.74) is 0.477. The molecule has 0 unspecified atom stereocenters. The minimum absolute atomic E-state index is 0.135. The van der Waals surface area contributed by atoms with Gasteiger partial charge in [0, 0.05) is 24.9 Å². The number of benzene rings is 1. The first-order chi connectivity index (χ1) is 10.2. The molecular formula is C13H12FN5OS. The van der Waals surface area contributed by atoms with E-state index in [4.69, 9.17) is 0 Å². The monoisotopic (exact) mass is 305 g/mol. The van der Waals surface area contributed by atoms with Gasteiger partial charge in [0.15, 0.2) is 0 Å². The Kier molecular flexibility index (Phi) is 3.87. The van der Waals surface area contributed by atoms with Gasteiger partial charge in [-0.25, -0.2) is 4.39 Å². The molecule has 21 heavy (non-hydrogen) atoms. The number of amides is 1. The van der Waals surface area contributed by atoms with Crippen LogP contribution in [-0.2, 0) is 17.8 Å².